The molecule has 1 aromatic carbocycles. The Balaban J connectivity index is 2.65. The minimum atomic E-state index is -0.470. The van der Waals surface area contributed by atoms with Gasteiger partial charge in [-0.25, -0.2) is 9.37 Å². The van der Waals surface area contributed by atoms with E-state index < -0.39 is 5.91 Å². The van der Waals surface area contributed by atoms with Crippen LogP contribution in [0.25, 0.3) is 10.9 Å². The van der Waals surface area contributed by atoms with Crippen LogP contribution in [0.1, 0.15) is 11.3 Å². The van der Waals surface area contributed by atoms with Crippen LogP contribution >= 0.6 is 0 Å². The Kier molecular flexibility index (Phi) is 2.56. The first-order chi connectivity index (χ1) is 7.58. The van der Waals surface area contributed by atoms with Crippen LogP contribution in [0.4, 0.5) is 4.39 Å². The van der Waals surface area contributed by atoms with Gasteiger partial charge in [0.1, 0.15) is 11.3 Å². The third-order valence-electron chi connectivity index (χ3n) is 2.41. The van der Waals surface area contributed by atoms with Crippen LogP contribution in [-0.4, -0.2) is 10.9 Å². The summed E-state index contributed by atoms with van der Waals surface area (Å²) >= 11 is 0. The largest absolute Gasteiger partial charge is 0.369 e. The first kappa shape index (κ1) is 10.5. The zero-order valence-corrected chi connectivity index (χ0v) is 8.83. The van der Waals surface area contributed by atoms with E-state index in [1.165, 1.54) is 6.07 Å². The second kappa shape index (κ2) is 3.89. The Morgan fingerprint density at radius 1 is 1.50 bits per heavy atom. The molecule has 2 aromatic rings. The van der Waals surface area contributed by atoms with Crippen molar-refractivity contribution < 1.29 is 9.18 Å². The van der Waals surface area contributed by atoms with E-state index in [1.54, 1.807) is 18.2 Å². The van der Waals surface area contributed by atoms with E-state index >= 15 is 0 Å². The van der Waals surface area contributed by atoms with Crippen LogP contribution in [0, 0.1) is 12.7 Å². The van der Waals surface area contributed by atoms with E-state index in [1.807, 2.05) is 6.92 Å². The van der Waals surface area contributed by atoms with Crippen LogP contribution in [0.3, 0.4) is 0 Å². The Bertz CT molecular complexity index is 566. The number of nitrogens with zero attached hydrogens (tertiary/aromatic N) is 1. The van der Waals surface area contributed by atoms with Crippen molar-refractivity contribution in [1.29, 1.82) is 0 Å². The number of fused-ring (bicyclic) bond motifs is 1. The molecule has 4 heteroatoms. The lowest BCUT2D eigenvalue weighted by Gasteiger charge is -2.05. The number of rotatable bonds is 2. The zero-order chi connectivity index (χ0) is 11.7. The Morgan fingerprint density at radius 3 is 2.94 bits per heavy atom. The van der Waals surface area contributed by atoms with Crippen molar-refractivity contribution in [3.63, 3.8) is 0 Å². The molecule has 3 nitrogen and oxygen atoms in total. The molecule has 0 bridgehead atoms. The van der Waals surface area contributed by atoms with E-state index in [2.05, 4.69) is 4.98 Å². The zero-order valence-electron chi connectivity index (χ0n) is 8.83. The molecule has 0 aliphatic heterocycles. The van der Waals surface area contributed by atoms with Gasteiger partial charge in [-0.15, -0.1) is 0 Å². The number of pyridine rings is 1. The molecule has 0 unspecified atom stereocenters. The number of aromatic nitrogens is 1. The minimum Gasteiger partial charge on any atom is -0.369 e. The van der Waals surface area contributed by atoms with Gasteiger partial charge in [-0.05, 0) is 24.6 Å². The van der Waals surface area contributed by atoms with Crippen LogP contribution in [-0.2, 0) is 11.2 Å². The molecule has 0 atom stereocenters. The highest BCUT2D eigenvalue weighted by molar-refractivity contribution is 5.84. The first-order valence-corrected chi connectivity index (χ1v) is 4.91. The standard InChI is InChI=1S/C12H11FN2O/c1-7-5-8(6-11(14)16)15-12-9(7)3-2-4-10(12)13/h2-5H,6H2,1H3,(H2,14,16). The number of hydrogen-bond acceptors (Lipinski definition) is 2. The maximum absolute atomic E-state index is 13.5. The van der Waals surface area contributed by atoms with E-state index in [-0.39, 0.29) is 12.2 Å². The summed E-state index contributed by atoms with van der Waals surface area (Å²) in [5.41, 5.74) is 6.77. The molecule has 0 saturated heterocycles. The minimum absolute atomic E-state index is 0.0329. The number of aryl methyl sites for hydroxylation is 1. The average molecular weight is 218 g/mol. The summed E-state index contributed by atoms with van der Waals surface area (Å²) in [6.07, 6.45) is 0.0329. The molecule has 82 valence electrons. The van der Waals surface area contributed by atoms with Gasteiger partial charge in [0.15, 0.2) is 0 Å². The number of benzene rings is 1. The summed E-state index contributed by atoms with van der Waals surface area (Å²) in [6.45, 7) is 1.86. The van der Waals surface area contributed by atoms with Gasteiger partial charge < -0.3 is 5.73 Å². The fourth-order valence-corrected chi connectivity index (χ4v) is 1.72. The molecule has 2 rings (SSSR count). The van der Waals surface area contributed by atoms with Gasteiger partial charge in [0.05, 0.1) is 12.1 Å². The SMILES string of the molecule is Cc1cc(CC(N)=O)nc2c(F)cccc12. The molecule has 0 radical (unpaired) electrons. The maximum atomic E-state index is 13.5. The molecule has 0 fully saturated rings. The molecule has 0 aliphatic rings. The quantitative estimate of drug-likeness (QED) is 0.834. The summed E-state index contributed by atoms with van der Waals surface area (Å²) in [5, 5.41) is 0.758. The number of amides is 1. The topological polar surface area (TPSA) is 56.0 Å². The van der Waals surface area contributed by atoms with Crippen molar-refractivity contribution in [3.05, 3.63) is 41.3 Å². The number of carbonyl (C=O) groups is 1. The number of nitrogens with two attached hydrogens (primary N) is 1. The summed E-state index contributed by atoms with van der Waals surface area (Å²) in [4.78, 5) is 14.9. The Labute approximate surface area is 92.1 Å². The molecule has 1 aromatic heterocycles. The first-order valence-electron chi connectivity index (χ1n) is 4.91. The molecular weight excluding hydrogens is 207 g/mol. The number of halogens is 1. The smallest absolute Gasteiger partial charge is 0.223 e. The summed E-state index contributed by atoms with van der Waals surface area (Å²) < 4.78 is 13.5. The molecule has 1 amide bonds. The van der Waals surface area contributed by atoms with Gasteiger partial charge in [0.2, 0.25) is 5.91 Å². The van der Waals surface area contributed by atoms with Gasteiger partial charge in [0.25, 0.3) is 0 Å². The summed E-state index contributed by atoms with van der Waals surface area (Å²) in [5.74, 6) is -0.852. The van der Waals surface area contributed by atoms with Gasteiger partial charge in [-0.2, -0.15) is 0 Å². The second-order valence-corrected chi connectivity index (χ2v) is 3.71. The van der Waals surface area contributed by atoms with Gasteiger partial charge in [0, 0.05) is 5.39 Å². The predicted molar refractivity (Wildman–Crippen MR) is 59.3 cm³/mol. The van der Waals surface area contributed by atoms with Crippen molar-refractivity contribution in [2.24, 2.45) is 5.73 Å². The number of primary amides is 1. The lowest BCUT2D eigenvalue weighted by Crippen LogP contribution is -2.14. The highest BCUT2D eigenvalue weighted by atomic mass is 19.1. The van der Waals surface area contributed by atoms with Gasteiger partial charge in [-0.1, -0.05) is 12.1 Å². The van der Waals surface area contributed by atoms with Crippen LogP contribution < -0.4 is 5.73 Å². The van der Waals surface area contributed by atoms with Crippen molar-refractivity contribution in [1.82, 2.24) is 4.98 Å². The van der Waals surface area contributed by atoms with Crippen molar-refractivity contribution in [2.75, 3.05) is 0 Å². The fourth-order valence-electron chi connectivity index (χ4n) is 1.72. The van der Waals surface area contributed by atoms with Crippen molar-refractivity contribution in [3.8, 4) is 0 Å². The lowest BCUT2D eigenvalue weighted by atomic mass is 10.1. The fraction of sp³-hybridized carbons (Fsp3) is 0.167. The van der Waals surface area contributed by atoms with Gasteiger partial charge in [-0.3, -0.25) is 4.79 Å². The van der Waals surface area contributed by atoms with E-state index in [0.29, 0.717) is 11.2 Å². The molecule has 2 N–H and O–H groups in total. The molecule has 1 heterocycles. The van der Waals surface area contributed by atoms with Crippen LogP contribution in [0.15, 0.2) is 24.3 Å². The average Bonchev–Trinajstić information content (AvgIpc) is 2.19. The predicted octanol–water partition coefficient (Wildman–Crippen LogP) is 1.71. The molecular formula is C12H11FN2O. The van der Waals surface area contributed by atoms with Gasteiger partial charge >= 0.3 is 0 Å². The summed E-state index contributed by atoms with van der Waals surface area (Å²) in [7, 11) is 0. The second-order valence-electron chi connectivity index (χ2n) is 3.71. The van der Waals surface area contributed by atoms with Crippen LogP contribution in [0.5, 0.6) is 0 Å². The number of hydrogen-bond donors (Lipinski definition) is 1. The van der Waals surface area contributed by atoms with E-state index in [0.717, 1.165) is 10.9 Å². The number of para-hydroxylation sites is 1. The highest BCUT2D eigenvalue weighted by Crippen LogP contribution is 2.20. The number of carbonyl (C=O) groups excluding carboxylic acids is 1. The third-order valence-corrected chi connectivity index (χ3v) is 2.41. The van der Waals surface area contributed by atoms with E-state index in [9.17, 15) is 9.18 Å². The molecule has 0 aliphatic carbocycles. The lowest BCUT2D eigenvalue weighted by molar-refractivity contribution is -0.117. The highest BCUT2D eigenvalue weighted by Gasteiger charge is 2.08. The van der Waals surface area contributed by atoms with E-state index in [4.69, 9.17) is 5.73 Å². The molecule has 16 heavy (non-hydrogen) atoms. The summed E-state index contributed by atoms with van der Waals surface area (Å²) in [6, 6.07) is 6.55. The monoisotopic (exact) mass is 218 g/mol. The van der Waals surface area contributed by atoms with Crippen molar-refractivity contribution in [2.45, 2.75) is 13.3 Å². The normalized spacial score (nSPS) is 10.6. The van der Waals surface area contributed by atoms with Crippen LogP contribution in [0.2, 0.25) is 0 Å². The maximum Gasteiger partial charge on any atom is 0.223 e. The molecule has 0 saturated carbocycles. The third kappa shape index (κ3) is 1.86. The van der Waals surface area contributed by atoms with Crippen molar-refractivity contribution >= 4 is 16.8 Å². The Morgan fingerprint density at radius 2 is 2.25 bits per heavy atom. The molecule has 0 spiro atoms. The Hall–Kier alpha value is -1.97.